The maximum Gasteiger partial charge on any atom is 0.254 e. The first-order valence-electron chi connectivity index (χ1n) is 13.1. The summed E-state index contributed by atoms with van der Waals surface area (Å²) in [5.41, 5.74) is 3.33. The number of halogens is 1. The summed E-state index contributed by atoms with van der Waals surface area (Å²) >= 11 is 0. The molecule has 7 nitrogen and oxygen atoms in total. The van der Waals surface area contributed by atoms with Crippen molar-refractivity contribution in [3.63, 3.8) is 0 Å². The van der Waals surface area contributed by atoms with Crippen LogP contribution in [-0.4, -0.2) is 60.1 Å². The van der Waals surface area contributed by atoms with Crippen LogP contribution in [0.1, 0.15) is 27.2 Å². The molecule has 0 radical (unpaired) electrons. The van der Waals surface area contributed by atoms with Gasteiger partial charge in [0, 0.05) is 44.2 Å². The van der Waals surface area contributed by atoms with Gasteiger partial charge in [0.15, 0.2) is 0 Å². The summed E-state index contributed by atoms with van der Waals surface area (Å²) in [6.07, 6.45) is 1.99. The van der Waals surface area contributed by atoms with Crippen molar-refractivity contribution < 1.29 is 23.5 Å². The van der Waals surface area contributed by atoms with E-state index in [0.717, 1.165) is 22.6 Å². The van der Waals surface area contributed by atoms with E-state index in [2.05, 4.69) is 4.57 Å². The third-order valence-electron chi connectivity index (χ3n) is 6.60. The van der Waals surface area contributed by atoms with E-state index < -0.39 is 5.82 Å². The van der Waals surface area contributed by atoms with Crippen LogP contribution in [0, 0.1) is 5.82 Å². The molecule has 0 saturated carbocycles. The van der Waals surface area contributed by atoms with Gasteiger partial charge in [-0.05, 0) is 59.7 Å². The number of ether oxygens (including phenoxy) is 2. The molecule has 4 aromatic rings. The highest BCUT2D eigenvalue weighted by Crippen LogP contribution is 2.17. The number of aromatic nitrogens is 1. The third-order valence-corrected chi connectivity index (χ3v) is 6.60. The first-order valence-corrected chi connectivity index (χ1v) is 13.1. The zero-order valence-corrected chi connectivity index (χ0v) is 22.8. The van der Waals surface area contributed by atoms with Gasteiger partial charge in [-0.15, -0.1) is 0 Å². The monoisotopic (exact) mass is 543 g/mol. The molecular formula is C32H34FN3O4. The van der Waals surface area contributed by atoms with Gasteiger partial charge in [-0.3, -0.25) is 9.59 Å². The molecule has 0 aliphatic carbocycles. The Kier molecular flexibility index (Phi) is 10.1. The smallest absolute Gasteiger partial charge is 0.254 e. The minimum Gasteiger partial charge on any atom is -0.497 e. The van der Waals surface area contributed by atoms with Crippen LogP contribution in [0.15, 0.2) is 97.2 Å². The molecule has 4 rings (SSSR count). The van der Waals surface area contributed by atoms with Crippen molar-refractivity contribution in [2.45, 2.75) is 19.6 Å². The van der Waals surface area contributed by atoms with Gasteiger partial charge in [-0.1, -0.05) is 42.5 Å². The van der Waals surface area contributed by atoms with Crippen molar-refractivity contribution in [1.29, 1.82) is 0 Å². The van der Waals surface area contributed by atoms with Crippen LogP contribution in [-0.2, 0) is 29.2 Å². The highest BCUT2D eigenvalue weighted by atomic mass is 19.1. The van der Waals surface area contributed by atoms with Crippen LogP contribution in [0.3, 0.4) is 0 Å². The molecule has 0 unspecified atom stereocenters. The second-order valence-electron chi connectivity index (χ2n) is 9.44. The Bertz CT molecular complexity index is 1390. The summed E-state index contributed by atoms with van der Waals surface area (Å²) in [5.74, 6) is -0.202. The van der Waals surface area contributed by atoms with Crippen LogP contribution in [0.4, 0.5) is 4.39 Å². The molecule has 208 valence electrons. The van der Waals surface area contributed by atoms with Crippen molar-refractivity contribution >= 4 is 11.8 Å². The van der Waals surface area contributed by atoms with Gasteiger partial charge < -0.3 is 23.8 Å². The lowest BCUT2D eigenvalue weighted by Gasteiger charge is -2.28. The fraction of sp³-hybridized carbons (Fsp3) is 0.250. The maximum atomic E-state index is 13.8. The molecule has 0 saturated heterocycles. The molecule has 0 bridgehead atoms. The summed E-state index contributed by atoms with van der Waals surface area (Å²) in [6, 6.07) is 26.9. The summed E-state index contributed by atoms with van der Waals surface area (Å²) in [7, 11) is 3.19. The molecule has 2 amide bonds. The number of methoxy groups -OCH3 is 2. The highest BCUT2D eigenvalue weighted by Gasteiger charge is 2.23. The average molecular weight is 544 g/mol. The van der Waals surface area contributed by atoms with E-state index in [9.17, 15) is 14.0 Å². The van der Waals surface area contributed by atoms with Crippen LogP contribution >= 0.6 is 0 Å². The largest absolute Gasteiger partial charge is 0.497 e. The standard InChI is InChI=1S/C32H34FN3O4/c1-39-19-18-35(32(38)27-13-15-28(33)16-14-27)24-31(37)36(21-25-8-4-3-5-9-25)23-29-11-7-17-34(29)22-26-10-6-12-30(20-26)40-2/h3-17,20H,18-19,21-24H2,1-2H3. The maximum absolute atomic E-state index is 13.8. The quantitative estimate of drug-likeness (QED) is 0.238. The van der Waals surface area contributed by atoms with Crippen LogP contribution in [0.5, 0.6) is 5.75 Å². The molecule has 0 fully saturated rings. The van der Waals surface area contributed by atoms with E-state index in [0.29, 0.717) is 25.2 Å². The van der Waals surface area contributed by atoms with Crippen molar-refractivity contribution in [3.8, 4) is 5.75 Å². The van der Waals surface area contributed by atoms with E-state index in [-0.39, 0.29) is 31.5 Å². The van der Waals surface area contributed by atoms with Crippen LogP contribution < -0.4 is 4.74 Å². The van der Waals surface area contributed by atoms with Gasteiger partial charge >= 0.3 is 0 Å². The molecule has 1 aromatic heterocycles. The number of benzene rings is 3. The number of amides is 2. The van der Waals surface area contributed by atoms with Gasteiger partial charge in [0.1, 0.15) is 18.1 Å². The fourth-order valence-electron chi connectivity index (χ4n) is 4.44. The minimum absolute atomic E-state index is 0.136. The highest BCUT2D eigenvalue weighted by molar-refractivity contribution is 5.96. The van der Waals surface area contributed by atoms with Crippen molar-refractivity contribution in [2.75, 3.05) is 33.9 Å². The van der Waals surface area contributed by atoms with E-state index in [1.165, 1.54) is 29.2 Å². The van der Waals surface area contributed by atoms with Gasteiger partial charge in [-0.2, -0.15) is 0 Å². The lowest BCUT2D eigenvalue weighted by atomic mass is 10.1. The van der Waals surface area contributed by atoms with Crippen molar-refractivity contribution in [3.05, 3.63) is 125 Å². The number of nitrogens with zero attached hydrogens (tertiary/aromatic N) is 3. The number of carbonyl (C=O) groups is 2. The molecule has 8 heteroatoms. The Hall–Kier alpha value is -4.43. The molecule has 0 atom stereocenters. The zero-order chi connectivity index (χ0) is 28.3. The Balaban J connectivity index is 1.56. The fourth-order valence-corrected chi connectivity index (χ4v) is 4.44. The number of hydrogen-bond donors (Lipinski definition) is 0. The Morgan fingerprint density at radius 3 is 2.30 bits per heavy atom. The molecule has 0 N–H and O–H groups in total. The summed E-state index contributed by atoms with van der Waals surface area (Å²) < 4.78 is 26.1. The molecule has 0 aliphatic rings. The van der Waals surface area contributed by atoms with Crippen LogP contribution in [0.25, 0.3) is 0 Å². The topological polar surface area (TPSA) is 64.0 Å². The van der Waals surface area contributed by atoms with Crippen LogP contribution in [0.2, 0.25) is 0 Å². The third kappa shape index (κ3) is 7.80. The molecule has 1 heterocycles. The lowest BCUT2D eigenvalue weighted by Crippen LogP contribution is -2.44. The second kappa shape index (κ2) is 14.1. The van der Waals surface area contributed by atoms with Gasteiger partial charge in [-0.25, -0.2) is 4.39 Å². The first kappa shape index (κ1) is 28.6. The average Bonchev–Trinajstić information content (AvgIpc) is 3.41. The Morgan fingerprint density at radius 1 is 0.825 bits per heavy atom. The second-order valence-corrected chi connectivity index (χ2v) is 9.44. The SMILES string of the molecule is COCCN(CC(=O)N(Cc1ccccc1)Cc1cccn1Cc1cccc(OC)c1)C(=O)c1ccc(F)cc1. The summed E-state index contributed by atoms with van der Waals surface area (Å²) in [4.78, 5) is 30.3. The summed E-state index contributed by atoms with van der Waals surface area (Å²) in [6.45, 7) is 1.71. The van der Waals surface area contributed by atoms with E-state index >= 15 is 0 Å². The van der Waals surface area contributed by atoms with E-state index in [1.807, 2.05) is 72.9 Å². The summed E-state index contributed by atoms with van der Waals surface area (Å²) in [5, 5.41) is 0. The predicted molar refractivity (Wildman–Crippen MR) is 151 cm³/mol. The molecular weight excluding hydrogens is 509 g/mol. The van der Waals surface area contributed by atoms with Gasteiger partial charge in [0.2, 0.25) is 5.91 Å². The van der Waals surface area contributed by atoms with Crippen molar-refractivity contribution in [2.24, 2.45) is 0 Å². The normalized spacial score (nSPS) is 10.8. The van der Waals surface area contributed by atoms with Crippen molar-refractivity contribution in [1.82, 2.24) is 14.4 Å². The van der Waals surface area contributed by atoms with Gasteiger partial charge in [0.05, 0.1) is 20.3 Å². The number of hydrogen-bond acceptors (Lipinski definition) is 4. The number of carbonyl (C=O) groups excluding carboxylic acids is 2. The minimum atomic E-state index is -0.429. The Morgan fingerprint density at radius 2 is 1.57 bits per heavy atom. The number of rotatable bonds is 13. The molecule has 3 aromatic carbocycles. The first-order chi connectivity index (χ1) is 19.5. The molecule has 40 heavy (non-hydrogen) atoms. The van der Waals surface area contributed by atoms with E-state index in [1.54, 1.807) is 19.1 Å². The predicted octanol–water partition coefficient (Wildman–Crippen LogP) is 5.00. The van der Waals surface area contributed by atoms with E-state index in [4.69, 9.17) is 9.47 Å². The lowest BCUT2D eigenvalue weighted by molar-refractivity contribution is -0.133. The van der Waals surface area contributed by atoms with Gasteiger partial charge in [0.25, 0.3) is 5.91 Å². The Labute approximate surface area is 234 Å². The molecule has 0 spiro atoms. The molecule has 0 aliphatic heterocycles. The zero-order valence-electron chi connectivity index (χ0n) is 22.8.